The summed E-state index contributed by atoms with van der Waals surface area (Å²) in [4.78, 5) is 26.7. The molecule has 0 aliphatic carbocycles. The molecule has 0 aromatic rings. The number of hydrazine groups is 1. The zero-order valence-electron chi connectivity index (χ0n) is 17.8. The molecule has 0 aromatic heterocycles. The van der Waals surface area contributed by atoms with Crippen molar-refractivity contribution in [3.8, 4) is 0 Å². The highest BCUT2D eigenvalue weighted by molar-refractivity contribution is 6.29. The Hall–Kier alpha value is -1.28. The predicted octanol–water partition coefficient (Wildman–Crippen LogP) is 3.58. The van der Waals surface area contributed by atoms with Crippen LogP contribution in [0.3, 0.4) is 0 Å². The summed E-state index contributed by atoms with van der Waals surface area (Å²) < 4.78 is 5.23. The number of amides is 4. The van der Waals surface area contributed by atoms with Crippen LogP contribution in [-0.4, -0.2) is 46.7 Å². The van der Waals surface area contributed by atoms with Gasteiger partial charge in [0.2, 0.25) is 0 Å². The number of carbonyl (C=O) groups excluding carboxylic acids is 2. The minimum atomic E-state index is -1.08. The highest BCUT2D eigenvalue weighted by Crippen LogP contribution is 2.10. The van der Waals surface area contributed by atoms with Crippen molar-refractivity contribution >= 4 is 22.0 Å². The summed E-state index contributed by atoms with van der Waals surface area (Å²) in [7, 11) is -1.08. The Morgan fingerprint density at radius 1 is 0.852 bits per heavy atom. The lowest BCUT2D eigenvalue weighted by atomic mass is 10.1. The molecule has 0 bridgehead atoms. The molecule has 160 valence electrons. The maximum Gasteiger partial charge on any atom is 0.333 e. The third-order valence-electron chi connectivity index (χ3n) is 4.27. The van der Waals surface area contributed by atoms with E-state index in [2.05, 4.69) is 22.6 Å². The predicted molar refractivity (Wildman–Crippen MR) is 114 cm³/mol. The van der Waals surface area contributed by atoms with E-state index in [1.165, 1.54) is 56.4 Å². The number of nitrogens with one attached hydrogen (secondary N) is 3. The highest BCUT2D eigenvalue weighted by atomic mass is 28.2. The van der Waals surface area contributed by atoms with Crippen LogP contribution in [0.15, 0.2) is 0 Å². The second-order valence-corrected chi connectivity index (χ2v) is 7.87. The van der Waals surface area contributed by atoms with Gasteiger partial charge in [-0.3, -0.25) is 0 Å². The summed E-state index contributed by atoms with van der Waals surface area (Å²) in [6.45, 7) is 7.79. The molecule has 4 amide bonds. The van der Waals surface area contributed by atoms with Crippen molar-refractivity contribution in [1.29, 1.82) is 0 Å². The molecule has 0 atom stereocenters. The summed E-state index contributed by atoms with van der Waals surface area (Å²) in [5, 5.41) is 4.15. The first-order valence-electron chi connectivity index (χ1n) is 10.8. The molecule has 0 saturated heterocycles. The molecule has 0 aliphatic rings. The fourth-order valence-corrected chi connectivity index (χ4v) is 3.34. The molecule has 7 nitrogen and oxygen atoms in total. The summed E-state index contributed by atoms with van der Waals surface area (Å²) in [6.07, 6.45) is 13.5. The Morgan fingerprint density at radius 2 is 1.44 bits per heavy atom. The number of nitrogens with zero attached hydrogens (tertiary/aromatic N) is 1. The van der Waals surface area contributed by atoms with Gasteiger partial charge in [-0.15, -0.1) is 0 Å². The Kier molecular flexibility index (Phi) is 18.6. The molecule has 0 aromatic carbocycles. The summed E-state index contributed by atoms with van der Waals surface area (Å²) in [6, 6.07) is -0.626. The quantitative estimate of drug-likeness (QED) is 0.210. The summed E-state index contributed by atoms with van der Waals surface area (Å²) in [5.74, 6) is 0. The van der Waals surface area contributed by atoms with Gasteiger partial charge in [0.25, 0.3) is 9.92 Å². The first kappa shape index (κ1) is 25.7. The normalized spacial score (nSPS) is 10.9. The molecule has 0 unspecified atom stereocenters. The van der Waals surface area contributed by atoms with Crippen LogP contribution >= 0.6 is 0 Å². The average Bonchev–Trinajstić information content (AvgIpc) is 2.66. The topological polar surface area (TPSA) is 82.7 Å². The van der Waals surface area contributed by atoms with Gasteiger partial charge in [0.15, 0.2) is 0 Å². The van der Waals surface area contributed by atoms with Crippen molar-refractivity contribution in [2.45, 2.75) is 91.4 Å². The van der Waals surface area contributed by atoms with Gasteiger partial charge in [-0.1, -0.05) is 71.6 Å². The van der Waals surface area contributed by atoms with Crippen LogP contribution in [0, 0.1) is 0 Å². The minimum absolute atomic E-state index is 0.300. The van der Waals surface area contributed by atoms with Crippen molar-refractivity contribution < 1.29 is 14.0 Å². The van der Waals surface area contributed by atoms with Gasteiger partial charge >= 0.3 is 12.1 Å². The number of rotatable bonds is 16. The van der Waals surface area contributed by atoms with Crippen molar-refractivity contribution in [3.63, 3.8) is 0 Å². The molecule has 8 heteroatoms. The van der Waals surface area contributed by atoms with Crippen LogP contribution in [0.4, 0.5) is 9.59 Å². The summed E-state index contributed by atoms with van der Waals surface area (Å²) >= 11 is 0. The minimum Gasteiger partial charge on any atom is -0.404 e. The Morgan fingerprint density at radius 3 is 2.00 bits per heavy atom. The van der Waals surface area contributed by atoms with Gasteiger partial charge in [-0.25, -0.2) is 20.0 Å². The lowest BCUT2D eigenvalue weighted by molar-refractivity contribution is 0.170. The van der Waals surface area contributed by atoms with Gasteiger partial charge in [0.1, 0.15) is 0 Å². The standard InChI is InChI=1S/C19H42N4O3Si/c1-4-7-8-9-10-11-12-13-14-15-16-20-18(24)21-23(17-5-2)19(25)22-27-26-6-3/h4-17,27H2,1-3H3,(H,22,25)(H2,20,21,24). The fourth-order valence-electron chi connectivity index (χ4n) is 2.72. The third kappa shape index (κ3) is 16.6. The van der Waals surface area contributed by atoms with Gasteiger partial charge in [-0.2, -0.15) is 0 Å². The fraction of sp³-hybridized carbons (Fsp3) is 0.895. The van der Waals surface area contributed by atoms with Gasteiger partial charge < -0.3 is 14.7 Å². The van der Waals surface area contributed by atoms with E-state index in [0.29, 0.717) is 19.7 Å². The zero-order valence-corrected chi connectivity index (χ0v) is 19.2. The smallest absolute Gasteiger partial charge is 0.333 e. The monoisotopic (exact) mass is 402 g/mol. The van der Waals surface area contributed by atoms with Crippen molar-refractivity contribution in [3.05, 3.63) is 0 Å². The maximum atomic E-state index is 12.0. The average molecular weight is 403 g/mol. The molecule has 0 heterocycles. The van der Waals surface area contributed by atoms with Gasteiger partial charge in [-0.05, 0) is 19.8 Å². The number of hydrogen-bond acceptors (Lipinski definition) is 3. The Labute approximate surface area is 168 Å². The van der Waals surface area contributed by atoms with E-state index in [1.807, 2.05) is 13.8 Å². The Balaban J connectivity index is 3.70. The molecule has 0 radical (unpaired) electrons. The molecule has 3 N–H and O–H groups in total. The molecular formula is C19H42N4O3Si. The number of carbonyl (C=O) groups is 2. The molecule has 0 spiro atoms. The van der Waals surface area contributed by atoms with E-state index < -0.39 is 9.92 Å². The van der Waals surface area contributed by atoms with Crippen LogP contribution in [0.2, 0.25) is 0 Å². The third-order valence-corrected chi connectivity index (χ3v) is 5.33. The van der Waals surface area contributed by atoms with Crippen LogP contribution < -0.4 is 15.7 Å². The molecular weight excluding hydrogens is 360 g/mol. The highest BCUT2D eigenvalue weighted by Gasteiger charge is 2.14. The Bertz CT molecular complexity index is 373. The molecule has 0 fully saturated rings. The van der Waals surface area contributed by atoms with Gasteiger partial charge in [0, 0.05) is 19.7 Å². The molecule has 27 heavy (non-hydrogen) atoms. The lowest BCUT2D eigenvalue weighted by Crippen LogP contribution is -2.54. The van der Waals surface area contributed by atoms with E-state index in [9.17, 15) is 9.59 Å². The van der Waals surface area contributed by atoms with Crippen LogP contribution in [0.25, 0.3) is 0 Å². The molecule has 0 rings (SSSR count). The number of unbranched alkanes of at least 4 members (excludes halogenated alkanes) is 9. The van der Waals surface area contributed by atoms with E-state index in [0.717, 1.165) is 19.3 Å². The van der Waals surface area contributed by atoms with E-state index in [-0.39, 0.29) is 12.1 Å². The van der Waals surface area contributed by atoms with Crippen molar-refractivity contribution in [1.82, 2.24) is 20.7 Å². The SMILES string of the molecule is CCCCCCCCCCCCNC(=O)NN(CCC)C(=O)N[SiH2]OCC. The van der Waals surface area contributed by atoms with E-state index in [4.69, 9.17) is 4.43 Å². The number of hydrogen-bond donors (Lipinski definition) is 3. The van der Waals surface area contributed by atoms with Crippen LogP contribution in [0.1, 0.15) is 91.4 Å². The zero-order chi connectivity index (χ0) is 20.2. The van der Waals surface area contributed by atoms with Gasteiger partial charge in [0.05, 0.1) is 0 Å². The first-order chi connectivity index (χ1) is 13.2. The largest absolute Gasteiger partial charge is 0.404 e. The second-order valence-electron chi connectivity index (χ2n) is 6.82. The second kappa shape index (κ2) is 19.5. The summed E-state index contributed by atoms with van der Waals surface area (Å²) in [5.41, 5.74) is 2.62. The van der Waals surface area contributed by atoms with E-state index in [1.54, 1.807) is 0 Å². The first-order valence-corrected chi connectivity index (χ1v) is 12.1. The maximum absolute atomic E-state index is 12.0. The van der Waals surface area contributed by atoms with Crippen molar-refractivity contribution in [2.75, 3.05) is 19.7 Å². The molecule has 0 aliphatic heterocycles. The van der Waals surface area contributed by atoms with Crippen LogP contribution in [0.5, 0.6) is 0 Å². The van der Waals surface area contributed by atoms with Crippen LogP contribution in [-0.2, 0) is 4.43 Å². The van der Waals surface area contributed by atoms with E-state index >= 15 is 0 Å². The lowest BCUT2D eigenvalue weighted by Gasteiger charge is -2.23. The van der Waals surface area contributed by atoms with Crippen molar-refractivity contribution in [2.24, 2.45) is 0 Å². The number of urea groups is 2. The molecule has 0 saturated carbocycles.